The number of nitrogens with zero attached hydrogens (tertiary/aromatic N) is 5. The average Bonchev–Trinajstić information content (AvgIpc) is 3.74. The van der Waals surface area contributed by atoms with Crippen LogP contribution in [0.15, 0.2) is 58.8 Å². The molecule has 0 saturated heterocycles. The number of halogens is 1. The van der Waals surface area contributed by atoms with Gasteiger partial charge in [0, 0.05) is 16.7 Å². The highest BCUT2D eigenvalue weighted by Crippen LogP contribution is 2.68. The lowest BCUT2D eigenvalue weighted by molar-refractivity contribution is -0.166. The molecule has 3 aromatic heterocycles. The number of ether oxygens (including phenoxy) is 1. The molecule has 0 unspecified atom stereocenters. The Hall–Kier alpha value is -4.08. The Morgan fingerprint density at radius 1 is 1.29 bits per heavy atom. The number of aromatic nitrogens is 4. The number of esters is 1. The highest BCUT2D eigenvalue weighted by Gasteiger charge is 2.70. The molecular weight excluding hydrogens is 597 g/mol. The summed E-state index contributed by atoms with van der Waals surface area (Å²) in [6.45, 7) is 6.21. The van der Waals surface area contributed by atoms with E-state index in [2.05, 4.69) is 41.1 Å². The molecule has 2 fully saturated rings. The Bertz CT molecular complexity index is 1800. The Morgan fingerprint density at radius 2 is 2.11 bits per heavy atom. The first kappa shape index (κ1) is 29.6. The number of oxazole rings is 1. The summed E-state index contributed by atoms with van der Waals surface area (Å²) in [5.74, 6) is -1.75. The van der Waals surface area contributed by atoms with Crippen molar-refractivity contribution in [3.8, 4) is 11.8 Å². The molecule has 0 bridgehead atoms. The van der Waals surface area contributed by atoms with Crippen LogP contribution >= 0.6 is 11.8 Å². The number of hydrogen-bond acceptors (Lipinski definition) is 10. The second kappa shape index (κ2) is 10.5. The molecule has 12 heteroatoms. The van der Waals surface area contributed by atoms with Crippen LogP contribution in [0, 0.1) is 45.9 Å². The molecule has 4 aliphatic rings. The SMILES string of the molecule is CC1=C[C@@H]2[C@H]([C@@H](O)C[C@@]3(C)[C@H]2CC[C@]3(OC(=O)c2cocn2)C(=O)SCC#N)[C@@]2(C)Cc3cnn(-c4ccc(F)nc4)c3C=C12. The number of thioether (sulfide) groups is 1. The molecule has 232 valence electrons. The zero-order valence-electron chi connectivity index (χ0n) is 25.1. The Balaban J connectivity index is 1.29. The minimum absolute atomic E-state index is 0.0422. The number of nitriles is 1. The summed E-state index contributed by atoms with van der Waals surface area (Å²) in [5.41, 5.74) is 1.83. The van der Waals surface area contributed by atoms with Crippen molar-refractivity contribution in [2.75, 3.05) is 5.75 Å². The number of allylic oxidation sites excluding steroid dienone is 3. The van der Waals surface area contributed by atoms with Gasteiger partial charge in [-0.1, -0.05) is 37.3 Å². The summed E-state index contributed by atoms with van der Waals surface area (Å²) in [5, 5.41) is 25.6. The largest absolute Gasteiger partial charge is 0.451 e. The monoisotopic (exact) mass is 629 g/mol. The van der Waals surface area contributed by atoms with Crippen LogP contribution in [0.25, 0.3) is 11.8 Å². The van der Waals surface area contributed by atoms with E-state index in [0.717, 1.165) is 40.6 Å². The van der Waals surface area contributed by atoms with Crippen LogP contribution in [0.5, 0.6) is 0 Å². The van der Waals surface area contributed by atoms with E-state index < -0.39 is 34.5 Å². The molecule has 3 aromatic rings. The van der Waals surface area contributed by atoms with Gasteiger partial charge in [0.05, 0.1) is 41.7 Å². The van der Waals surface area contributed by atoms with Crippen LogP contribution in [-0.2, 0) is 16.0 Å². The van der Waals surface area contributed by atoms with Gasteiger partial charge >= 0.3 is 5.97 Å². The van der Waals surface area contributed by atoms with E-state index in [1.165, 1.54) is 18.5 Å². The van der Waals surface area contributed by atoms with Gasteiger partial charge < -0.3 is 14.3 Å². The van der Waals surface area contributed by atoms with Gasteiger partial charge in [-0.15, -0.1) is 0 Å². The Kier molecular flexibility index (Phi) is 6.91. The molecule has 1 N–H and O–H groups in total. The van der Waals surface area contributed by atoms with Gasteiger partial charge in [-0.2, -0.15) is 14.8 Å². The number of carbonyl (C=O) groups is 2. The molecule has 45 heavy (non-hydrogen) atoms. The first-order valence-corrected chi connectivity index (χ1v) is 15.9. The van der Waals surface area contributed by atoms with Crippen molar-refractivity contribution in [3.05, 3.63) is 77.3 Å². The molecule has 2 saturated carbocycles. The lowest BCUT2D eigenvalue weighted by Gasteiger charge is -2.59. The summed E-state index contributed by atoms with van der Waals surface area (Å²) in [6.07, 6.45) is 10.9. The van der Waals surface area contributed by atoms with Crippen LogP contribution < -0.4 is 0 Å². The van der Waals surface area contributed by atoms with Crippen LogP contribution in [0.2, 0.25) is 0 Å². The topological polar surface area (TPSA) is 144 Å². The Morgan fingerprint density at radius 3 is 2.82 bits per heavy atom. The third-order valence-corrected chi connectivity index (χ3v) is 11.7. The fraction of sp³-hybridized carbons (Fsp3) is 0.455. The first-order chi connectivity index (χ1) is 21.5. The third kappa shape index (κ3) is 4.27. The van der Waals surface area contributed by atoms with Crippen molar-refractivity contribution in [1.29, 1.82) is 5.26 Å². The molecule has 10 nitrogen and oxygen atoms in total. The van der Waals surface area contributed by atoms with Gasteiger partial charge in [-0.3, -0.25) is 4.79 Å². The van der Waals surface area contributed by atoms with Gasteiger partial charge in [-0.25, -0.2) is 19.4 Å². The summed E-state index contributed by atoms with van der Waals surface area (Å²) < 4.78 is 26.4. The van der Waals surface area contributed by atoms with Gasteiger partial charge in [0.2, 0.25) is 11.1 Å². The predicted octanol–water partition coefficient (Wildman–Crippen LogP) is 5.09. The fourth-order valence-corrected chi connectivity index (χ4v) is 9.84. The molecule has 3 heterocycles. The predicted molar refractivity (Wildman–Crippen MR) is 161 cm³/mol. The van der Waals surface area contributed by atoms with Gasteiger partial charge in [0.15, 0.2) is 17.7 Å². The van der Waals surface area contributed by atoms with E-state index in [1.807, 2.05) is 19.2 Å². The van der Waals surface area contributed by atoms with E-state index >= 15 is 0 Å². The highest BCUT2D eigenvalue weighted by atomic mass is 32.2. The number of hydrogen-bond donors (Lipinski definition) is 1. The molecular formula is C33H32FN5O5S. The maximum absolute atomic E-state index is 13.9. The fourth-order valence-electron chi connectivity index (χ4n) is 9.03. The lowest BCUT2D eigenvalue weighted by Crippen LogP contribution is -2.62. The minimum Gasteiger partial charge on any atom is -0.451 e. The van der Waals surface area contributed by atoms with Crippen molar-refractivity contribution in [2.24, 2.45) is 28.6 Å². The average molecular weight is 630 g/mol. The van der Waals surface area contributed by atoms with Crippen molar-refractivity contribution in [3.63, 3.8) is 0 Å². The molecule has 7 rings (SSSR count). The van der Waals surface area contributed by atoms with E-state index in [1.54, 1.807) is 10.7 Å². The van der Waals surface area contributed by atoms with Gasteiger partial charge in [0.1, 0.15) is 6.26 Å². The number of aliphatic hydroxyl groups is 1. The van der Waals surface area contributed by atoms with Crippen LogP contribution in [-0.4, -0.2) is 53.4 Å². The second-order valence-electron chi connectivity index (χ2n) is 13.1. The Labute approximate surface area is 263 Å². The second-order valence-corrected chi connectivity index (χ2v) is 14.0. The number of aliphatic hydroxyl groups excluding tert-OH is 1. The molecule has 4 aliphatic carbocycles. The molecule has 0 amide bonds. The highest BCUT2D eigenvalue weighted by molar-refractivity contribution is 8.14. The summed E-state index contributed by atoms with van der Waals surface area (Å²) in [4.78, 5) is 34.9. The number of pyridine rings is 1. The van der Waals surface area contributed by atoms with Crippen molar-refractivity contribution in [2.45, 2.75) is 58.2 Å². The van der Waals surface area contributed by atoms with Crippen molar-refractivity contribution in [1.82, 2.24) is 19.7 Å². The summed E-state index contributed by atoms with van der Waals surface area (Å²) >= 11 is 0.846. The molecule has 0 spiro atoms. The molecule has 0 aromatic carbocycles. The van der Waals surface area contributed by atoms with Crippen molar-refractivity contribution < 1.29 is 28.2 Å². The number of fused-ring (bicyclic) bond motifs is 6. The van der Waals surface area contributed by atoms with Gasteiger partial charge in [-0.05, 0) is 73.8 Å². The summed E-state index contributed by atoms with van der Waals surface area (Å²) in [6, 6.07) is 4.96. The molecule has 0 aliphatic heterocycles. The third-order valence-electron chi connectivity index (χ3n) is 10.9. The minimum atomic E-state index is -1.55. The maximum atomic E-state index is 13.9. The zero-order chi connectivity index (χ0) is 31.7. The normalized spacial score (nSPS) is 33.1. The first-order valence-electron chi connectivity index (χ1n) is 15.0. The number of carbonyl (C=O) groups excluding carboxylic acids is 2. The molecule has 0 radical (unpaired) electrons. The summed E-state index contributed by atoms with van der Waals surface area (Å²) in [7, 11) is 0. The molecule has 7 atom stereocenters. The van der Waals surface area contributed by atoms with Crippen molar-refractivity contribution >= 4 is 28.9 Å². The van der Waals surface area contributed by atoms with E-state index in [4.69, 9.17) is 9.15 Å². The van der Waals surface area contributed by atoms with E-state index in [-0.39, 0.29) is 47.2 Å². The van der Waals surface area contributed by atoms with Crippen LogP contribution in [0.3, 0.4) is 0 Å². The zero-order valence-corrected chi connectivity index (χ0v) is 25.9. The maximum Gasteiger partial charge on any atom is 0.361 e. The standard InChI is InChI=1S/C33H32FN5O5S/c1-18-10-21-22-6-7-33(30(42)45-9-8-35,44-29(41)24-16-43-17-37-24)32(22,3)13-26(40)28(21)31(2)12-19-14-38-39(25(19)11-23(18)31)20-4-5-27(34)36-15-20/h4-5,10-11,14-17,21-22,26,28,40H,6-7,9,12-13H2,1-3H3/t21-,22-,26-,28+,31-,32-,33-/m0/s1. The number of rotatable bonds is 5. The van der Waals surface area contributed by atoms with E-state index in [9.17, 15) is 24.3 Å². The lowest BCUT2D eigenvalue weighted by atomic mass is 9.46. The van der Waals surface area contributed by atoms with E-state index in [0.29, 0.717) is 18.5 Å². The van der Waals surface area contributed by atoms with Crippen LogP contribution in [0.1, 0.15) is 61.8 Å². The van der Waals surface area contributed by atoms with Gasteiger partial charge in [0.25, 0.3) is 0 Å². The quantitative estimate of drug-likeness (QED) is 0.299. The van der Waals surface area contributed by atoms with Crippen LogP contribution in [0.4, 0.5) is 4.39 Å². The smallest absolute Gasteiger partial charge is 0.361 e.